The highest BCUT2D eigenvalue weighted by Crippen LogP contribution is 2.23. The first-order chi connectivity index (χ1) is 11.1. The average Bonchev–Trinajstić information content (AvgIpc) is 3.18. The molecule has 0 radical (unpaired) electrons. The number of fused-ring (bicyclic) bond motifs is 1. The van der Waals surface area contributed by atoms with Gasteiger partial charge in [0.15, 0.2) is 0 Å². The molecule has 1 aliphatic rings. The third-order valence-electron chi connectivity index (χ3n) is 4.41. The summed E-state index contributed by atoms with van der Waals surface area (Å²) in [5.41, 5.74) is 7.64. The van der Waals surface area contributed by atoms with Gasteiger partial charge in [-0.05, 0) is 38.8 Å². The molecular formula is C17H26Cl2N4O2. The van der Waals surface area contributed by atoms with E-state index in [1.54, 1.807) is 0 Å². The average molecular weight is 389 g/mol. The summed E-state index contributed by atoms with van der Waals surface area (Å²) in [7, 11) is 0. The lowest BCUT2D eigenvalue weighted by Gasteiger charge is -2.18. The van der Waals surface area contributed by atoms with E-state index in [-0.39, 0.29) is 42.9 Å². The Bertz CT molecular complexity index is 707. The molecule has 1 fully saturated rings. The number of benzene rings is 1. The number of nitrogens with zero attached hydrogens (tertiary/aromatic N) is 2. The van der Waals surface area contributed by atoms with E-state index in [4.69, 9.17) is 10.5 Å². The van der Waals surface area contributed by atoms with Gasteiger partial charge in [-0.1, -0.05) is 12.1 Å². The van der Waals surface area contributed by atoms with Gasteiger partial charge in [-0.15, -0.1) is 24.8 Å². The van der Waals surface area contributed by atoms with Gasteiger partial charge in [-0.25, -0.2) is 4.98 Å². The SMILES string of the molecule is CCn1c(C(C)NC(=O)[C@@H]2CC[C@H](CN)O2)nc2ccccc21.Cl.Cl. The van der Waals surface area contributed by atoms with Crippen molar-refractivity contribution in [2.75, 3.05) is 6.54 Å². The minimum atomic E-state index is -0.398. The van der Waals surface area contributed by atoms with Crippen LogP contribution in [0, 0.1) is 0 Å². The van der Waals surface area contributed by atoms with E-state index in [1.807, 2.05) is 25.1 Å². The zero-order chi connectivity index (χ0) is 16.4. The van der Waals surface area contributed by atoms with Gasteiger partial charge in [0.25, 0.3) is 0 Å². The van der Waals surface area contributed by atoms with Crippen molar-refractivity contribution in [2.24, 2.45) is 5.73 Å². The van der Waals surface area contributed by atoms with Crippen LogP contribution in [0.3, 0.4) is 0 Å². The van der Waals surface area contributed by atoms with Crippen LogP contribution >= 0.6 is 24.8 Å². The zero-order valence-electron chi connectivity index (χ0n) is 14.5. The second-order valence-corrected chi connectivity index (χ2v) is 5.99. The first kappa shape index (κ1) is 21.7. The van der Waals surface area contributed by atoms with Gasteiger partial charge in [-0.2, -0.15) is 0 Å². The van der Waals surface area contributed by atoms with Crippen molar-refractivity contribution in [3.63, 3.8) is 0 Å². The molecule has 0 spiro atoms. The molecule has 8 heteroatoms. The van der Waals surface area contributed by atoms with E-state index in [2.05, 4.69) is 27.9 Å². The maximum absolute atomic E-state index is 12.4. The predicted octanol–water partition coefficient (Wildman–Crippen LogP) is 2.58. The van der Waals surface area contributed by atoms with Crippen LogP contribution < -0.4 is 11.1 Å². The number of nitrogens with one attached hydrogen (secondary N) is 1. The number of hydrogen-bond acceptors (Lipinski definition) is 4. The van der Waals surface area contributed by atoms with Crippen molar-refractivity contribution in [1.82, 2.24) is 14.9 Å². The van der Waals surface area contributed by atoms with E-state index in [9.17, 15) is 4.79 Å². The van der Waals surface area contributed by atoms with Crippen molar-refractivity contribution in [2.45, 2.75) is 51.5 Å². The maximum Gasteiger partial charge on any atom is 0.249 e. The quantitative estimate of drug-likeness (QED) is 0.824. The Balaban J connectivity index is 0.00000156. The third-order valence-corrected chi connectivity index (χ3v) is 4.41. The highest BCUT2D eigenvalue weighted by Gasteiger charge is 2.31. The van der Waals surface area contributed by atoms with E-state index in [1.165, 1.54) is 0 Å². The van der Waals surface area contributed by atoms with Gasteiger partial charge < -0.3 is 20.4 Å². The molecule has 25 heavy (non-hydrogen) atoms. The van der Waals surface area contributed by atoms with Crippen LogP contribution in [0.15, 0.2) is 24.3 Å². The van der Waals surface area contributed by atoms with Gasteiger partial charge in [0.2, 0.25) is 5.91 Å². The first-order valence-corrected chi connectivity index (χ1v) is 8.25. The molecule has 0 bridgehead atoms. The number of aryl methyl sites for hydroxylation is 1. The van der Waals surface area contributed by atoms with E-state index >= 15 is 0 Å². The Kier molecular flexibility index (Phi) is 8.15. The summed E-state index contributed by atoms with van der Waals surface area (Å²) < 4.78 is 7.80. The summed E-state index contributed by atoms with van der Waals surface area (Å²) in [6.45, 7) is 5.31. The van der Waals surface area contributed by atoms with Crippen LogP contribution in [0.4, 0.5) is 0 Å². The molecular weight excluding hydrogens is 363 g/mol. The zero-order valence-corrected chi connectivity index (χ0v) is 16.1. The molecule has 3 N–H and O–H groups in total. The number of ether oxygens (including phenoxy) is 1. The Morgan fingerprint density at radius 1 is 1.40 bits per heavy atom. The number of hydrogen-bond donors (Lipinski definition) is 2. The van der Waals surface area contributed by atoms with E-state index < -0.39 is 6.10 Å². The van der Waals surface area contributed by atoms with Crippen LogP contribution in [0.1, 0.15) is 38.6 Å². The van der Waals surface area contributed by atoms with Crippen LogP contribution in [-0.2, 0) is 16.1 Å². The van der Waals surface area contributed by atoms with E-state index in [0.29, 0.717) is 6.54 Å². The lowest BCUT2D eigenvalue weighted by atomic mass is 10.2. The van der Waals surface area contributed by atoms with Crippen molar-refractivity contribution in [3.05, 3.63) is 30.1 Å². The van der Waals surface area contributed by atoms with Crippen molar-refractivity contribution < 1.29 is 9.53 Å². The summed E-state index contributed by atoms with van der Waals surface area (Å²) in [6.07, 6.45) is 1.17. The minimum absolute atomic E-state index is 0. The fourth-order valence-electron chi connectivity index (χ4n) is 3.20. The summed E-state index contributed by atoms with van der Waals surface area (Å²) in [5, 5.41) is 3.03. The largest absolute Gasteiger partial charge is 0.364 e. The number of nitrogens with two attached hydrogens (primary N) is 1. The third kappa shape index (κ3) is 4.44. The lowest BCUT2D eigenvalue weighted by molar-refractivity contribution is -0.132. The molecule has 1 aliphatic heterocycles. The highest BCUT2D eigenvalue weighted by atomic mass is 35.5. The molecule has 3 atom stereocenters. The molecule has 140 valence electrons. The number of para-hydroxylation sites is 2. The summed E-state index contributed by atoms with van der Waals surface area (Å²) in [6, 6.07) is 7.85. The standard InChI is InChI=1S/C17H24N4O2.2ClH/c1-3-21-14-7-5-4-6-13(14)20-16(21)11(2)19-17(22)15-9-8-12(10-18)23-15;;/h4-7,11-12,15H,3,8-10,18H2,1-2H3,(H,19,22);2*1H/t11?,12-,15+;;/m1../s1. The first-order valence-electron chi connectivity index (χ1n) is 8.25. The number of imidazole rings is 1. The monoisotopic (exact) mass is 388 g/mol. The Hall–Kier alpha value is -1.34. The van der Waals surface area contributed by atoms with Crippen LogP contribution in [0.2, 0.25) is 0 Å². The smallest absolute Gasteiger partial charge is 0.249 e. The van der Waals surface area contributed by atoms with Crippen molar-refractivity contribution in [3.8, 4) is 0 Å². The minimum Gasteiger partial charge on any atom is -0.364 e. The molecule has 1 aromatic carbocycles. The normalized spacial score (nSPS) is 20.6. The summed E-state index contributed by atoms with van der Waals surface area (Å²) in [4.78, 5) is 17.1. The topological polar surface area (TPSA) is 82.2 Å². The van der Waals surface area contributed by atoms with Gasteiger partial charge in [0, 0.05) is 13.1 Å². The molecule has 2 heterocycles. The van der Waals surface area contributed by atoms with Gasteiger partial charge >= 0.3 is 0 Å². The molecule has 1 amide bonds. The molecule has 2 aromatic rings. The fraction of sp³-hybridized carbons (Fsp3) is 0.529. The Labute approximate surface area is 160 Å². The maximum atomic E-state index is 12.4. The second-order valence-electron chi connectivity index (χ2n) is 5.99. The number of rotatable bonds is 5. The van der Waals surface area contributed by atoms with Crippen LogP contribution in [0.25, 0.3) is 11.0 Å². The van der Waals surface area contributed by atoms with Crippen molar-refractivity contribution in [1.29, 1.82) is 0 Å². The Morgan fingerprint density at radius 3 is 2.76 bits per heavy atom. The molecule has 3 rings (SSSR count). The highest BCUT2D eigenvalue weighted by molar-refractivity contribution is 5.85. The number of halogens is 2. The predicted molar refractivity (Wildman–Crippen MR) is 103 cm³/mol. The van der Waals surface area contributed by atoms with Crippen LogP contribution in [-0.4, -0.2) is 34.2 Å². The summed E-state index contributed by atoms with van der Waals surface area (Å²) >= 11 is 0. The molecule has 0 saturated carbocycles. The molecule has 1 saturated heterocycles. The molecule has 0 aliphatic carbocycles. The molecule has 1 aromatic heterocycles. The summed E-state index contributed by atoms with van der Waals surface area (Å²) in [5.74, 6) is 0.790. The van der Waals surface area contributed by atoms with Gasteiger partial charge in [0.05, 0.1) is 23.2 Å². The van der Waals surface area contributed by atoms with Gasteiger partial charge in [-0.3, -0.25) is 4.79 Å². The molecule has 6 nitrogen and oxygen atoms in total. The number of amides is 1. The number of carbonyl (C=O) groups excluding carboxylic acids is 1. The lowest BCUT2D eigenvalue weighted by Crippen LogP contribution is -2.37. The van der Waals surface area contributed by atoms with Crippen molar-refractivity contribution >= 4 is 41.8 Å². The second kappa shape index (κ2) is 9.38. The number of carbonyl (C=O) groups is 1. The fourth-order valence-corrected chi connectivity index (χ4v) is 3.20. The number of aromatic nitrogens is 2. The van der Waals surface area contributed by atoms with Crippen LogP contribution in [0.5, 0.6) is 0 Å². The Morgan fingerprint density at radius 2 is 2.12 bits per heavy atom. The molecule has 1 unspecified atom stereocenters. The van der Waals surface area contributed by atoms with E-state index in [0.717, 1.165) is 36.2 Å². The van der Waals surface area contributed by atoms with Gasteiger partial charge in [0.1, 0.15) is 11.9 Å².